The highest BCUT2D eigenvalue weighted by Gasteiger charge is 2.50. The van der Waals surface area contributed by atoms with E-state index in [2.05, 4.69) is 41.9 Å². The minimum absolute atomic E-state index is 0.421. The summed E-state index contributed by atoms with van der Waals surface area (Å²) >= 11 is 0. The third-order valence-corrected chi connectivity index (χ3v) is 7.42. The Labute approximate surface area is 175 Å². The molecule has 5 rings (SSSR count). The van der Waals surface area contributed by atoms with Crippen LogP contribution in [-0.2, 0) is 4.74 Å². The van der Waals surface area contributed by atoms with Crippen LogP contribution in [0.25, 0.3) is 0 Å². The lowest BCUT2D eigenvalue weighted by Gasteiger charge is -2.56. The fraction of sp³-hybridized carbons (Fsp3) is 0.667. The number of aliphatic hydroxyl groups excluding tert-OH is 1. The SMILES string of the molecule is COc1cccc(N2CCN(C[C@@H](O)COCC3=CC[C@H]4C[C@H]3C4(C)C)CC2)c1. The minimum Gasteiger partial charge on any atom is -0.497 e. The summed E-state index contributed by atoms with van der Waals surface area (Å²) in [5.74, 6) is 2.44. The van der Waals surface area contributed by atoms with Crippen molar-refractivity contribution in [3.63, 3.8) is 0 Å². The molecule has 5 nitrogen and oxygen atoms in total. The van der Waals surface area contributed by atoms with Gasteiger partial charge in [0.25, 0.3) is 0 Å². The molecule has 2 fully saturated rings. The van der Waals surface area contributed by atoms with E-state index in [1.807, 2.05) is 12.1 Å². The van der Waals surface area contributed by atoms with Gasteiger partial charge in [0.05, 0.1) is 26.4 Å². The number of fused-ring (bicyclic) bond motifs is 1. The van der Waals surface area contributed by atoms with Crippen LogP contribution in [0.1, 0.15) is 26.7 Å². The van der Waals surface area contributed by atoms with Gasteiger partial charge in [0.2, 0.25) is 0 Å². The van der Waals surface area contributed by atoms with Crippen LogP contribution in [0.5, 0.6) is 5.75 Å². The predicted octanol–water partition coefficient (Wildman–Crippen LogP) is 3.19. The molecule has 4 aliphatic rings. The Bertz CT molecular complexity index is 725. The van der Waals surface area contributed by atoms with Crippen molar-refractivity contribution >= 4 is 5.69 Å². The Hall–Kier alpha value is -1.56. The largest absolute Gasteiger partial charge is 0.497 e. The number of benzene rings is 1. The molecule has 1 heterocycles. The van der Waals surface area contributed by atoms with E-state index in [1.54, 1.807) is 7.11 Å². The summed E-state index contributed by atoms with van der Waals surface area (Å²) < 4.78 is 11.2. The number of aliphatic hydroxyl groups is 1. The van der Waals surface area contributed by atoms with Crippen molar-refractivity contribution in [3.05, 3.63) is 35.9 Å². The zero-order valence-electron chi connectivity index (χ0n) is 18.1. The van der Waals surface area contributed by atoms with Crippen molar-refractivity contribution in [1.29, 1.82) is 0 Å². The number of allylic oxidation sites excluding steroid dienone is 1. The van der Waals surface area contributed by atoms with E-state index >= 15 is 0 Å². The second-order valence-corrected chi connectivity index (χ2v) is 9.48. The van der Waals surface area contributed by atoms with Crippen molar-refractivity contribution in [1.82, 2.24) is 4.90 Å². The smallest absolute Gasteiger partial charge is 0.120 e. The molecule has 0 radical (unpaired) electrons. The zero-order chi connectivity index (χ0) is 20.4. The molecule has 0 amide bonds. The molecule has 1 aromatic carbocycles. The molecule has 160 valence electrons. The van der Waals surface area contributed by atoms with Crippen molar-refractivity contribution in [2.24, 2.45) is 17.3 Å². The van der Waals surface area contributed by atoms with E-state index in [9.17, 15) is 5.11 Å². The second kappa shape index (κ2) is 8.66. The number of rotatable bonds is 8. The fourth-order valence-electron chi connectivity index (χ4n) is 5.30. The molecule has 3 aliphatic carbocycles. The molecule has 5 heteroatoms. The lowest BCUT2D eigenvalue weighted by molar-refractivity contribution is -0.0262. The highest BCUT2D eigenvalue weighted by atomic mass is 16.5. The van der Waals surface area contributed by atoms with E-state index in [4.69, 9.17) is 9.47 Å². The Morgan fingerprint density at radius 2 is 2.00 bits per heavy atom. The van der Waals surface area contributed by atoms with Gasteiger partial charge in [-0.25, -0.2) is 0 Å². The van der Waals surface area contributed by atoms with E-state index in [1.165, 1.54) is 24.1 Å². The number of piperazine rings is 1. The molecule has 1 saturated heterocycles. The summed E-state index contributed by atoms with van der Waals surface area (Å²) in [5, 5.41) is 10.4. The number of nitrogens with zero attached hydrogens (tertiary/aromatic N) is 2. The monoisotopic (exact) mass is 400 g/mol. The lowest BCUT2D eigenvalue weighted by Crippen LogP contribution is -2.49. The van der Waals surface area contributed by atoms with Gasteiger partial charge in [-0.1, -0.05) is 26.0 Å². The number of β-amino-alcohol motifs (C(OH)–C–C–N with tert-alkyl or cyclic N) is 1. The van der Waals surface area contributed by atoms with Crippen LogP contribution < -0.4 is 9.64 Å². The molecule has 0 spiro atoms. The summed E-state index contributed by atoms with van der Waals surface area (Å²) in [4.78, 5) is 4.72. The van der Waals surface area contributed by atoms with Crippen molar-refractivity contribution in [2.45, 2.75) is 32.8 Å². The van der Waals surface area contributed by atoms with Gasteiger partial charge < -0.3 is 19.5 Å². The van der Waals surface area contributed by atoms with Crippen molar-refractivity contribution in [2.75, 3.05) is 57.9 Å². The van der Waals surface area contributed by atoms with E-state index in [-0.39, 0.29) is 0 Å². The van der Waals surface area contributed by atoms with E-state index in [0.29, 0.717) is 31.1 Å². The van der Waals surface area contributed by atoms with Gasteiger partial charge in [-0.15, -0.1) is 0 Å². The van der Waals surface area contributed by atoms with Crippen molar-refractivity contribution < 1.29 is 14.6 Å². The minimum atomic E-state index is -0.426. The number of hydrogen-bond acceptors (Lipinski definition) is 5. The first-order chi connectivity index (χ1) is 14.0. The van der Waals surface area contributed by atoms with Crippen LogP contribution >= 0.6 is 0 Å². The maximum atomic E-state index is 10.4. The van der Waals surface area contributed by atoms with Gasteiger partial charge in [-0.2, -0.15) is 0 Å². The number of anilines is 1. The van der Waals surface area contributed by atoms with Crippen LogP contribution in [0.4, 0.5) is 5.69 Å². The van der Waals surface area contributed by atoms with Gasteiger partial charge in [-0.3, -0.25) is 4.90 Å². The quantitative estimate of drug-likeness (QED) is 0.679. The lowest BCUT2D eigenvalue weighted by atomic mass is 9.49. The standard InChI is InChI=1S/C24H36N2O3/c1-24(2)19-8-7-18(23(24)13-19)16-29-17-21(27)15-25-9-11-26(12-10-25)20-5-4-6-22(14-20)28-3/h4-7,14,19,21,23,27H,8-13,15-17H2,1-3H3/t19-,21+,23+/m0/s1. The first-order valence-electron chi connectivity index (χ1n) is 11.0. The fourth-order valence-corrected chi connectivity index (χ4v) is 5.30. The van der Waals surface area contributed by atoms with Crippen LogP contribution in [0.15, 0.2) is 35.9 Å². The molecule has 1 aromatic rings. The summed E-state index contributed by atoms with van der Waals surface area (Å²) in [7, 11) is 1.70. The highest BCUT2D eigenvalue weighted by Crippen LogP contribution is 2.59. The second-order valence-electron chi connectivity index (χ2n) is 9.48. The topological polar surface area (TPSA) is 45.2 Å². The van der Waals surface area contributed by atoms with Gasteiger partial charge in [0.15, 0.2) is 0 Å². The Kier molecular flexibility index (Phi) is 6.19. The molecule has 29 heavy (non-hydrogen) atoms. The van der Waals surface area contributed by atoms with Crippen LogP contribution in [0.3, 0.4) is 0 Å². The molecule has 1 saturated carbocycles. The Morgan fingerprint density at radius 1 is 1.21 bits per heavy atom. The number of hydrogen-bond donors (Lipinski definition) is 1. The molecular weight excluding hydrogens is 364 g/mol. The number of ether oxygens (including phenoxy) is 2. The van der Waals surface area contributed by atoms with Crippen LogP contribution in [0.2, 0.25) is 0 Å². The van der Waals surface area contributed by atoms with Gasteiger partial charge >= 0.3 is 0 Å². The summed E-state index contributed by atoms with van der Waals surface area (Å²) in [6.45, 7) is 10.4. The zero-order valence-corrected chi connectivity index (χ0v) is 18.1. The molecule has 1 aliphatic heterocycles. The average Bonchev–Trinajstić information content (AvgIpc) is 2.74. The third-order valence-electron chi connectivity index (χ3n) is 7.42. The first kappa shape index (κ1) is 20.7. The summed E-state index contributed by atoms with van der Waals surface area (Å²) in [6, 6.07) is 8.23. The van der Waals surface area contributed by atoms with Gasteiger partial charge in [0.1, 0.15) is 5.75 Å². The Balaban J connectivity index is 1.17. The van der Waals surface area contributed by atoms with Gasteiger partial charge in [-0.05, 0) is 47.8 Å². The first-order valence-corrected chi connectivity index (χ1v) is 11.0. The molecule has 0 unspecified atom stereocenters. The summed E-state index contributed by atoms with van der Waals surface area (Å²) in [5.41, 5.74) is 3.10. The molecular formula is C24H36N2O3. The Morgan fingerprint density at radius 3 is 2.69 bits per heavy atom. The third kappa shape index (κ3) is 4.47. The predicted molar refractivity (Wildman–Crippen MR) is 117 cm³/mol. The number of methoxy groups -OCH3 is 1. The highest BCUT2D eigenvalue weighted by molar-refractivity contribution is 5.51. The maximum absolute atomic E-state index is 10.4. The van der Waals surface area contributed by atoms with Crippen LogP contribution in [0, 0.1) is 17.3 Å². The van der Waals surface area contributed by atoms with E-state index in [0.717, 1.165) is 37.8 Å². The molecule has 0 aromatic heterocycles. The van der Waals surface area contributed by atoms with Crippen LogP contribution in [-0.4, -0.2) is 69.2 Å². The molecule has 3 atom stereocenters. The maximum Gasteiger partial charge on any atom is 0.120 e. The average molecular weight is 401 g/mol. The van der Waals surface area contributed by atoms with Gasteiger partial charge in [0, 0.05) is 44.5 Å². The molecule has 1 N–H and O–H groups in total. The van der Waals surface area contributed by atoms with E-state index < -0.39 is 6.10 Å². The van der Waals surface area contributed by atoms with Crippen molar-refractivity contribution in [3.8, 4) is 5.75 Å². The summed E-state index contributed by atoms with van der Waals surface area (Å²) in [6.07, 6.45) is 4.48. The molecule has 2 bridgehead atoms. The normalized spacial score (nSPS) is 27.2.